The van der Waals surface area contributed by atoms with E-state index in [1.807, 2.05) is 18.3 Å². The number of fused-ring (bicyclic) bond motifs is 1. The normalized spacial score (nSPS) is 20.9. The highest BCUT2D eigenvalue weighted by Gasteiger charge is 2.32. The number of benzene rings is 1. The summed E-state index contributed by atoms with van der Waals surface area (Å²) in [5.74, 6) is 0.622. The van der Waals surface area contributed by atoms with Gasteiger partial charge in [-0.1, -0.05) is 6.92 Å². The molecule has 33 heavy (non-hydrogen) atoms. The van der Waals surface area contributed by atoms with Crippen LogP contribution in [-0.4, -0.2) is 45.0 Å². The van der Waals surface area contributed by atoms with Gasteiger partial charge in [-0.05, 0) is 56.7 Å². The Balaban J connectivity index is 1.47. The third-order valence-corrected chi connectivity index (χ3v) is 6.78. The summed E-state index contributed by atoms with van der Waals surface area (Å²) in [6.07, 6.45) is 5.77. The van der Waals surface area contributed by atoms with Crippen molar-refractivity contribution in [3.63, 3.8) is 0 Å². The van der Waals surface area contributed by atoms with Gasteiger partial charge in [-0.25, -0.2) is 13.9 Å². The fourth-order valence-corrected chi connectivity index (χ4v) is 5.02. The molecular weight excluding hydrogens is 419 g/mol. The van der Waals surface area contributed by atoms with Gasteiger partial charge in [0, 0.05) is 37.5 Å². The lowest BCUT2D eigenvalue weighted by Gasteiger charge is -2.34. The van der Waals surface area contributed by atoms with E-state index < -0.39 is 5.82 Å². The second-order valence-corrected chi connectivity index (χ2v) is 9.28. The summed E-state index contributed by atoms with van der Waals surface area (Å²) in [6, 6.07) is 7.62. The van der Waals surface area contributed by atoms with E-state index >= 15 is 0 Å². The number of aromatic nitrogens is 3. The van der Waals surface area contributed by atoms with Gasteiger partial charge in [0.2, 0.25) is 0 Å². The van der Waals surface area contributed by atoms with Gasteiger partial charge in [-0.15, -0.1) is 0 Å². The molecule has 2 aliphatic rings. The highest BCUT2D eigenvalue weighted by Crippen LogP contribution is 2.33. The quantitative estimate of drug-likeness (QED) is 0.601. The highest BCUT2D eigenvalue weighted by molar-refractivity contribution is 5.95. The van der Waals surface area contributed by atoms with E-state index in [9.17, 15) is 9.18 Å². The number of carbonyl (C=O) groups excluding carboxylic acids is 1. The number of likely N-dealkylation sites (tertiary alicyclic amines) is 1. The largest absolute Gasteiger partial charge is 0.356 e. The van der Waals surface area contributed by atoms with Crippen LogP contribution in [0.5, 0.6) is 0 Å². The Morgan fingerprint density at radius 3 is 2.79 bits per heavy atom. The van der Waals surface area contributed by atoms with Crippen LogP contribution in [0, 0.1) is 30.0 Å². The zero-order valence-electron chi connectivity index (χ0n) is 19.0. The van der Waals surface area contributed by atoms with Gasteiger partial charge in [-0.3, -0.25) is 4.79 Å². The molecule has 0 bridgehead atoms. The lowest BCUT2D eigenvalue weighted by atomic mass is 9.98. The number of aryl methyl sites for hydroxylation is 1. The van der Waals surface area contributed by atoms with Crippen LogP contribution in [0.1, 0.15) is 65.8 Å². The molecular formula is C25H27FN6O. The van der Waals surface area contributed by atoms with Crippen molar-refractivity contribution in [2.45, 2.75) is 45.6 Å². The number of hydrogen-bond acceptors (Lipinski definition) is 5. The number of nitriles is 1. The van der Waals surface area contributed by atoms with Crippen LogP contribution in [0.4, 0.5) is 10.2 Å². The SMILES string of the molecule is Cc1cn2nc([C@@H]3CCCCN3C(=O)c3ccc(C#N)cc3F)cc2nc1N1CC[C@H](C)C1. The monoisotopic (exact) mass is 446 g/mol. The number of rotatable bonds is 3. The summed E-state index contributed by atoms with van der Waals surface area (Å²) in [6.45, 7) is 6.87. The fraction of sp³-hybridized carbons (Fsp3) is 0.440. The minimum Gasteiger partial charge on any atom is -0.356 e. The maximum atomic E-state index is 14.6. The van der Waals surface area contributed by atoms with Crippen molar-refractivity contribution in [3.05, 3.63) is 58.7 Å². The van der Waals surface area contributed by atoms with Crippen LogP contribution >= 0.6 is 0 Å². The summed E-state index contributed by atoms with van der Waals surface area (Å²) in [7, 11) is 0. The molecule has 8 heteroatoms. The average Bonchev–Trinajstić information content (AvgIpc) is 3.43. The van der Waals surface area contributed by atoms with Gasteiger partial charge in [0.05, 0.1) is 28.9 Å². The van der Waals surface area contributed by atoms with Crippen molar-refractivity contribution in [2.24, 2.45) is 5.92 Å². The van der Waals surface area contributed by atoms with Crippen molar-refractivity contribution in [1.82, 2.24) is 19.5 Å². The third-order valence-electron chi connectivity index (χ3n) is 6.78. The van der Waals surface area contributed by atoms with Crippen molar-refractivity contribution >= 4 is 17.4 Å². The minimum absolute atomic E-state index is 0.0101. The van der Waals surface area contributed by atoms with Gasteiger partial charge in [0.1, 0.15) is 11.6 Å². The third kappa shape index (κ3) is 3.92. The molecule has 2 saturated heterocycles. The number of anilines is 1. The van der Waals surface area contributed by atoms with Gasteiger partial charge in [-0.2, -0.15) is 10.4 Å². The lowest BCUT2D eigenvalue weighted by molar-refractivity contribution is 0.0601. The Labute approximate surface area is 192 Å². The standard InChI is InChI=1S/C25H27FN6O/c1-16-8-10-30(14-16)24-17(2)15-32-23(28-24)12-21(29-32)22-5-3-4-9-31(22)25(33)19-7-6-18(13-27)11-20(19)26/h6-7,11-12,15-16,22H,3-5,8-10,14H2,1-2H3/t16-,22-/m0/s1. The van der Waals surface area contributed by atoms with Gasteiger partial charge in [0.25, 0.3) is 5.91 Å². The Hall–Kier alpha value is -3.47. The molecule has 2 aromatic heterocycles. The van der Waals surface area contributed by atoms with Crippen LogP contribution in [-0.2, 0) is 0 Å². The summed E-state index contributed by atoms with van der Waals surface area (Å²) in [5, 5.41) is 13.8. The molecule has 0 spiro atoms. The van der Waals surface area contributed by atoms with E-state index in [0.717, 1.165) is 61.1 Å². The molecule has 170 valence electrons. The van der Waals surface area contributed by atoms with Gasteiger partial charge in [0.15, 0.2) is 5.65 Å². The lowest BCUT2D eigenvalue weighted by Crippen LogP contribution is -2.39. The summed E-state index contributed by atoms with van der Waals surface area (Å²) in [4.78, 5) is 22.2. The fourth-order valence-electron chi connectivity index (χ4n) is 5.02. The average molecular weight is 447 g/mol. The van der Waals surface area contributed by atoms with E-state index in [4.69, 9.17) is 15.3 Å². The second-order valence-electron chi connectivity index (χ2n) is 9.28. The van der Waals surface area contributed by atoms with E-state index in [0.29, 0.717) is 12.5 Å². The Kier molecular flexibility index (Phi) is 5.49. The molecule has 5 rings (SSSR count). The van der Waals surface area contributed by atoms with Crippen LogP contribution in [0.2, 0.25) is 0 Å². The molecule has 0 N–H and O–H groups in total. The van der Waals surface area contributed by atoms with E-state index in [1.54, 1.807) is 9.42 Å². The zero-order chi connectivity index (χ0) is 23.1. The smallest absolute Gasteiger partial charge is 0.257 e. The molecule has 7 nitrogen and oxygen atoms in total. The maximum Gasteiger partial charge on any atom is 0.257 e. The number of halogens is 1. The van der Waals surface area contributed by atoms with Crippen molar-refractivity contribution in [1.29, 1.82) is 5.26 Å². The summed E-state index contributed by atoms with van der Waals surface area (Å²) >= 11 is 0. The first-order valence-corrected chi connectivity index (χ1v) is 11.6. The molecule has 0 unspecified atom stereocenters. The first-order valence-electron chi connectivity index (χ1n) is 11.6. The molecule has 2 fully saturated rings. The van der Waals surface area contributed by atoms with Crippen molar-refractivity contribution in [3.8, 4) is 6.07 Å². The van der Waals surface area contributed by atoms with Gasteiger partial charge >= 0.3 is 0 Å². The molecule has 1 amide bonds. The van der Waals surface area contributed by atoms with Crippen molar-refractivity contribution < 1.29 is 9.18 Å². The van der Waals surface area contributed by atoms with E-state index in [1.165, 1.54) is 18.6 Å². The van der Waals surface area contributed by atoms with Crippen molar-refractivity contribution in [2.75, 3.05) is 24.5 Å². The van der Waals surface area contributed by atoms with E-state index in [-0.39, 0.29) is 23.1 Å². The number of amides is 1. The molecule has 0 radical (unpaired) electrons. The highest BCUT2D eigenvalue weighted by atomic mass is 19.1. The molecule has 0 saturated carbocycles. The zero-order valence-corrected chi connectivity index (χ0v) is 19.0. The topological polar surface area (TPSA) is 77.5 Å². The Morgan fingerprint density at radius 1 is 1.21 bits per heavy atom. The van der Waals surface area contributed by atoms with Crippen LogP contribution in [0.25, 0.3) is 5.65 Å². The minimum atomic E-state index is -0.667. The molecule has 4 heterocycles. The predicted molar refractivity (Wildman–Crippen MR) is 122 cm³/mol. The predicted octanol–water partition coefficient (Wildman–Crippen LogP) is 4.26. The summed E-state index contributed by atoms with van der Waals surface area (Å²) < 4.78 is 16.4. The van der Waals surface area contributed by atoms with Crippen LogP contribution < -0.4 is 4.90 Å². The molecule has 2 atom stereocenters. The summed E-state index contributed by atoms with van der Waals surface area (Å²) in [5.41, 5.74) is 2.79. The molecule has 0 aliphatic carbocycles. The first kappa shape index (κ1) is 21.4. The first-order chi connectivity index (χ1) is 15.9. The van der Waals surface area contributed by atoms with Crippen LogP contribution in [0.3, 0.4) is 0 Å². The van der Waals surface area contributed by atoms with E-state index in [2.05, 4.69) is 18.7 Å². The Bertz CT molecular complexity index is 1260. The number of piperidine rings is 1. The maximum absolute atomic E-state index is 14.6. The number of hydrogen-bond donors (Lipinski definition) is 0. The second kappa shape index (κ2) is 8.47. The number of nitrogens with zero attached hydrogens (tertiary/aromatic N) is 6. The number of carbonyl (C=O) groups is 1. The Morgan fingerprint density at radius 2 is 2.06 bits per heavy atom. The molecule has 2 aliphatic heterocycles. The van der Waals surface area contributed by atoms with Crippen LogP contribution in [0.15, 0.2) is 30.5 Å². The molecule has 3 aromatic rings. The van der Waals surface area contributed by atoms with Gasteiger partial charge < -0.3 is 9.80 Å². The molecule has 1 aromatic carbocycles.